The number of halogens is 1. The molecular weight excluding hydrogens is 271 g/mol. The molecule has 0 aromatic heterocycles. The standard InChI is InChI=1S/C12H15FN2O5/c1-2-20-10-4-3-7(5-8(10)13)14-12(19)15-9(6-16)11(17)18/h3-5,9,16H,2,6H2,1H3,(H,17,18)(H2,14,15,19)/t9-/m1/s1. The molecule has 8 heteroatoms. The van der Waals surface area contributed by atoms with E-state index >= 15 is 0 Å². The maximum Gasteiger partial charge on any atom is 0.328 e. The van der Waals surface area contributed by atoms with E-state index in [-0.39, 0.29) is 11.4 Å². The molecule has 20 heavy (non-hydrogen) atoms. The lowest BCUT2D eigenvalue weighted by Gasteiger charge is -2.13. The van der Waals surface area contributed by atoms with Gasteiger partial charge in [-0.25, -0.2) is 14.0 Å². The third-order valence-corrected chi connectivity index (χ3v) is 2.28. The maximum absolute atomic E-state index is 13.5. The first-order chi connectivity index (χ1) is 9.47. The number of aliphatic hydroxyl groups excluding tert-OH is 1. The zero-order chi connectivity index (χ0) is 15.1. The average molecular weight is 286 g/mol. The summed E-state index contributed by atoms with van der Waals surface area (Å²) in [6.07, 6.45) is 0. The molecule has 0 spiro atoms. The Hall–Kier alpha value is -2.35. The number of aliphatic carboxylic acids is 1. The van der Waals surface area contributed by atoms with E-state index in [1.54, 1.807) is 6.92 Å². The second-order valence-electron chi connectivity index (χ2n) is 3.75. The Morgan fingerprint density at radius 2 is 2.15 bits per heavy atom. The first-order valence-corrected chi connectivity index (χ1v) is 5.81. The van der Waals surface area contributed by atoms with Crippen molar-refractivity contribution in [3.05, 3.63) is 24.0 Å². The van der Waals surface area contributed by atoms with Gasteiger partial charge in [-0.15, -0.1) is 0 Å². The van der Waals surface area contributed by atoms with Crippen LogP contribution in [0.25, 0.3) is 0 Å². The van der Waals surface area contributed by atoms with Gasteiger partial charge in [-0.1, -0.05) is 0 Å². The number of carbonyl (C=O) groups excluding carboxylic acids is 1. The van der Waals surface area contributed by atoms with Crippen molar-refractivity contribution >= 4 is 17.7 Å². The van der Waals surface area contributed by atoms with Gasteiger partial charge in [0, 0.05) is 11.8 Å². The summed E-state index contributed by atoms with van der Waals surface area (Å²) in [6, 6.07) is 1.49. The van der Waals surface area contributed by atoms with Crippen molar-refractivity contribution in [2.24, 2.45) is 0 Å². The molecule has 1 aromatic rings. The van der Waals surface area contributed by atoms with Gasteiger partial charge in [0.2, 0.25) is 0 Å². The molecule has 0 bridgehead atoms. The summed E-state index contributed by atoms with van der Waals surface area (Å²) >= 11 is 0. The number of ether oxygens (including phenoxy) is 1. The fourth-order valence-corrected chi connectivity index (χ4v) is 1.36. The SMILES string of the molecule is CCOc1ccc(NC(=O)N[C@H](CO)C(=O)O)cc1F. The van der Waals surface area contributed by atoms with E-state index in [4.69, 9.17) is 14.9 Å². The van der Waals surface area contributed by atoms with Gasteiger partial charge >= 0.3 is 12.0 Å². The monoisotopic (exact) mass is 286 g/mol. The largest absolute Gasteiger partial charge is 0.491 e. The van der Waals surface area contributed by atoms with E-state index in [2.05, 4.69) is 5.32 Å². The van der Waals surface area contributed by atoms with Gasteiger partial charge in [0.25, 0.3) is 0 Å². The highest BCUT2D eigenvalue weighted by atomic mass is 19.1. The lowest BCUT2D eigenvalue weighted by atomic mass is 10.3. The van der Waals surface area contributed by atoms with Crippen LogP contribution in [0.4, 0.5) is 14.9 Å². The highest BCUT2D eigenvalue weighted by Gasteiger charge is 2.18. The van der Waals surface area contributed by atoms with Crippen LogP contribution in [-0.4, -0.2) is 41.5 Å². The molecule has 110 valence electrons. The lowest BCUT2D eigenvalue weighted by molar-refractivity contribution is -0.140. The highest BCUT2D eigenvalue weighted by Crippen LogP contribution is 2.20. The molecule has 0 heterocycles. The lowest BCUT2D eigenvalue weighted by Crippen LogP contribution is -2.45. The van der Waals surface area contributed by atoms with Crippen LogP contribution in [0.2, 0.25) is 0 Å². The minimum Gasteiger partial charge on any atom is -0.491 e. The Morgan fingerprint density at radius 3 is 2.65 bits per heavy atom. The van der Waals surface area contributed by atoms with Crippen LogP contribution in [0.1, 0.15) is 6.92 Å². The van der Waals surface area contributed by atoms with Crippen LogP contribution < -0.4 is 15.4 Å². The minimum absolute atomic E-state index is 0.0530. The quantitative estimate of drug-likeness (QED) is 0.618. The Morgan fingerprint density at radius 1 is 1.45 bits per heavy atom. The molecular formula is C12H15FN2O5. The van der Waals surface area contributed by atoms with Gasteiger partial charge in [-0.05, 0) is 19.1 Å². The summed E-state index contributed by atoms with van der Waals surface area (Å²) in [4.78, 5) is 22.1. The van der Waals surface area contributed by atoms with Crippen LogP contribution >= 0.6 is 0 Å². The fraction of sp³-hybridized carbons (Fsp3) is 0.333. The summed E-state index contributed by atoms with van der Waals surface area (Å²) in [6.45, 7) is 1.27. The number of carboxylic acids is 1. The number of rotatable bonds is 6. The number of hydrogen-bond acceptors (Lipinski definition) is 4. The number of hydrogen-bond donors (Lipinski definition) is 4. The number of amides is 2. The van der Waals surface area contributed by atoms with E-state index in [9.17, 15) is 14.0 Å². The van der Waals surface area contributed by atoms with Crippen LogP contribution in [0, 0.1) is 5.82 Å². The number of carbonyl (C=O) groups is 2. The highest BCUT2D eigenvalue weighted by molar-refractivity contribution is 5.92. The molecule has 4 N–H and O–H groups in total. The number of benzene rings is 1. The molecule has 0 aliphatic rings. The van der Waals surface area contributed by atoms with Gasteiger partial charge in [0.1, 0.15) is 0 Å². The van der Waals surface area contributed by atoms with Gasteiger partial charge in [0.15, 0.2) is 17.6 Å². The zero-order valence-corrected chi connectivity index (χ0v) is 10.7. The van der Waals surface area contributed by atoms with E-state index in [1.165, 1.54) is 12.1 Å². The van der Waals surface area contributed by atoms with E-state index in [0.29, 0.717) is 6.61 Å². The van der Waals surface area contributed by atoms with Crippen molar-refractivity contribution in [1.82, 2.24) is 5.32 Å². The molecule has 2 amide bonds. The third-order valence-electron chi connectivity index (χ3n) is 2.28. The predicted octanol–water partition coefficient (Wildman–Crippen LogP) is 0.791. The van der Waals surface area contributed by atoms with Crippen molar-refractivity contribution < 1.29 is 28.9 Å². The van der Waals surface area contributed by atoms with Crippen LogP contribution in [0.15, 0.2) is 18.2 Å². The van der Waals surface area contributed by atoms with Gasteiger partial charge in [-0.3, -0.25) is 0 Å². The first-order valence-electron chi connectivity index (χ1n) is 5.81. The van der Waals surface area contributed by atoms with Crippen molar-refractivity contribution in [2.45, 2.75) is 13.0 Å². The van der Waals surface area contributed by atoms with E-state index < -0.39 is 30.5 Å². The maximum atomic E-state index is 13.5. The fourth-order valence-electron chi connectivity index (χ4n) is 1.36. The second kappa shape index (κ2) is 7.29. The molecule has 0 aliphatic heterocycles. The number of carboxylic acid groups (broad SMARTS) is 1. The molecule has 1 rings (SSSR count). The van der Waals surface area contributed by atoms with Gasteiger partial charge < -0.3 is 25.6 Å². The number of urea groups is 1. The molecule has 1 atom stereocenters. The van der Waals surface area contributed by atoms with Gasteiger partial charge in [-0.2, -0.15) is 0 Å². The molecule has 7 nitrogen and oxygen atoms in total. The Labute approximate surface area is 114 Å². The smallest absolute Gasteiger partial charge is 0.328 e. The van der Waals surface area contributed by atoms with E-state index in [1.807, 2.05) is 5.32 Å². The number of aliphatic hydroxyl groups is 1. The molecule has 1 aromatic carbocycles. The summed E-state index contributed by atoms with van der Waals surface area (Å²) < 4.78 is 18.5. The Kier molecular flexibility index (Phi) is 5.73. The summed E-state index contributed by atoms with van der Waals surface area (Å²) in [5, 5.41) is 21.7. The molecule has 0 saturated heterocycles. The minimum atomic E-state index is -1.43. The Balaban J connectivity index is 2.66. The Bertz CT molecular complexity index is 495. The summed E-state index contributed by atoms with van der Waals surface area (Å²) in [7, 11) is 0. The van der Waals surface area contributed by atoms with Crippen LogP contribution in [0.5, 0.6) is 5.75 Å². The van der Waals surface area contributed by atoms with Crippen LogP contribution in [0.3, 0.4) is 0 Å². The van der Waals surface area contributed by atoms with Crippen molar-refractivity contribution in [2.75, 3.05) is 18.5 Å². The molecule has 0 saturated carbocycles. The van der Waals surface area contributed by atoms with Crippen molar-refractivity contribution in [3.8, 4) is 5.75 Å². The molecule has 0 unspecified atom stereocenters. The summed E-state index contributed by atoms with van der Waals surface area (Å²) in [5.74, 6) is -1.97. The zero-order valence-electron chi connectivity index (χ0n) is 10.7. The second-order valence-corrected chi connectivity index (χ2v) is 3.75. The van der Waals surface area contributed by atoms with Crippen molar-refractivity contribution in [1.29, 1.82) is 0 Å². The van der Waals surface area contributed by atoms with Gasteiger partial charge in [0.05, 0.1) is 13.2 Å². The molecule has 0 radical (unpaired) electrons. The first kappa shape index (κ1) is 15.7. The van der Waals surface area contributed by atoms with E-state index in [0.717, 1.165) is 6.07 Å². The number of nitrogens with one attached hydrogen (secondary N) is 2. The number of anilines is 1. The normalized spacial score (nSPS) is 11.6. The summed E-state index contributed by atoms with van der Waals surface area (Å²) in [5.41, 5.74) is 0.130. The molecule has 0 aliphatic carbocycles. The average Bonchev–Trinajstić information content (AvgIpc) is 2.39. The predicted molar refractivity (Wildman–Crippen MR) is 68.2 cm³/mol. The van der Waals surface area contributed by atoms with Crippen LogP contribution in [-0.2, 0) is 4.79 Å². The topological polar surface area (TPSA) is 108 Å². The molecule has 0 fully saturated rings. The third kappa shape index (κ3) is 4.39. The van der Waals surface area contributed by atoms with Crippen molar-refractivity contribution in [3.63, 3.8) is 0 Å².